The van der Waals surface area contributed by atoms with Gasteiger partial charge in [-0.3, -0.25) is 4.79 Å². The highest BCUT2D eigenvalue weighted by Gasteiger charge is 2.51. The summed E-state index contributed by atoms with van der Waals surface area (Å²) in [4.78, 5) is 11.7. The first-order chi connectivity index (χ1) is 21.6. The number of hydrogen-bond acceptors (Lipinski definition) is 6. The van der Waals surface area contributed by atoms with E-state index in [-0.39, 0.29) is 23.4 Å². The van der Waals surface area contributed by atoms with Crippen LogP contribution in [-0.4, -0.2) is 32.7 Å². The zero-order chi connectivity index (χ0) is 34.9. The Morgan fingerprint density at radius 3 is 2.22 bits per heavy atom. The highest BCUT2D eigenvalue weighted by molar-refractivity contribution is 5.98. The number of Topliss-reactive ketones (excluding diaryl/α,β-unsaturated/α-hetero) is 1. The van der Waals surface area contributed by atoms with Crippen LogP contribution in [0.3, 0.4) is 0 Å². The molecule has 1 heterocycles. The van der Waals surface area contributed by atoms with Gasteiger partial charge in [-0.15, -0.1) is 5.11 Å². The normalized spacial score (nSPS) is 15.2. The molecule has 0 saturated carbocycles. The lowest BCUT2D eigenvalue weighted by Gasteiger charge is -2.30. The average molecular weight is 647 g/mol. The van der Waals surface area contributed by atoms with Crippen molar-refractivity contribution in [1.82, 2.24) is 0 Å². The number of nitrogens with zero attached hydrogens (tertiary/aromatic N) is 2. The van der Waals surface area contributed by atoms with Gasteiger partial charge in [0, 0.05) is 41.6 Å². The third-order valence-electron chi connectivity index (χ3n) is 7.82. The van der Waals surface area contributed by atoms with Gasteiger partial charge < -0.3 is 20.6 Å². The molecule has 0 saturated heterocycles. The standard InChI is InChI=1S/C22H25FN4O2.C11H15F3O.C2H6/c1-4-13-10-20-17(11-21(13)29-3)22(26-27-24)18(12-25-20)14-6-7-15(19(23)9-14)8-16(28)5-2;1-9(2,11(12,13)14)8(15-4)7-10(3)5-6-10;1-2/h6-7,9-11,25H,4-5,8,12H2,1-3H3,(H2,24,26);5-7H,1-4H3;1-2H3/b;8-7-;. The van der Waals surface area contributed by atoms with Crippen LogP contribution < -0.4 is 15.9 Å². The van der Waals surface area contributed by atoms with Crippen LogP contribution in [0.25, 0.3) is 11.3 Å². The van der Waals surface area contributed by atoms with Crippen molar-refractivity contribution in [3.8, 4) is 5.75 Å². The molecular formula is C35H46F4N4O3. The Hall–Kier alpha value is -4.15. The molecule has 2 aliphatic rings. The number of anilines is 1. The van der Waals surface area contributed by atoms with E-state index in [9.17, 15) is 22.4 Å². The monoisotopic (exact) mass is 646 g/mol. The SMILES string of the molecule is CC.CCC(=O)Cc1ccc(C2=C(N=NN)c3cc(OC)c(CC)cc3NC2)cc1F.CO/C(=C\C1(C)C=C1)C(C)(C)C(F)(F)F. The Kier molecular flexibility index (Phi) is 13.2. The smallest absolute Gasteiger partial charge is 0.400 e. The van der Waals surface area contributed by atoms with Crippen LogP contribution in [0.5, 0.6) is 5.75 Å². The van der Waals surface area contributed by atoms with E-state index in [1.54, 1.807) is 26.2 Å². The molecule has 3 N–H and O–H groups in total. The molecule has 0 bridgehead atoms. The fourth-order valence-electron chi connectivity index (χ4n) is 4.63. The van der Waals surface area contributed by atoms with Crippen LogP contribution in [-0.2, 0) is 22.4 Å². The van der Waals surface area contributed by atoms with Crippen LogP contribution in [0.15, 0.2) is 64.7 Å². The number of benzene rings is 2. The summed E-state index contributed by atoms with van der Waals surface area (Å²) in [7, 11) is 2.89. The van der Waals surface area contributed by atoms with Crippen molar-refractivity contribution in [2.24, 2.45) is 27.0 Å². The topological polar surface area (TPSA) is 98.3 Å². The number of aryl methyl sites for hydroxylation is 1. The van der Waals surface area contributed by atoms with E-state index in [4.69, 9.17) is 15.3 Å². The van der Waals surface area contributed by atoms with Crippen molar-refractivity contribution in [3.05, 3.63) is 82.4 Å². The number of alkyl halides is 3. The van der Waals surface area contributed by atoms with Gasteiger partial charge in [0.1, 0.15) is 34.2 Å². The van der Waals surface area contributed by atoms with Crippen molar-refractivity contribution in [2.75, 3.05) is 26.1 Å². The quantitative estimate of drug-likeness (QED) is 0.0670. The molecule has 0 radical (unpaired) electrons. The molecule has 2 aromatic rings. The van der Waals surface area contributed by atoms with E-state index in [1.165, 1.54) is 19.3 Å². The number of methoxy groups -OCH3 is 2. The fourth-order valence-corrected chi connectivity index (χ4v) is 4.63. The third-order valence-corrected chi connectivity index (χ3v) is 7.82. The van der Waals surface area contributed by atoms with Crippen molar-refractivity contribution < 1.29 is 31.8 Å². The molecule has 7 nitrogen and oxygen atoms in total. The van der Waals surface area contributed by atoms with Gasteiger partial charge >= 0.3 is 6.18 Å². The van der Waals surface area contributed by atoms with Crippen molar-refractivity contribution in [3.63, 3.8) is 0 Å². The molecule has 2 aromatic carbocycles. The molecule has 0 aromatic heterocycles. The average Bonchev–Trinajstić information content (AvgIpc) is 3.77. The molecule has 0 fully saturated rings. The maximum absolute atomic E-state index is 14.6. The van der Waals surface area contributed by atoms with Gasteiger partial charge in [-0.2, -0.15) is 13.2 Å². The lowest BCUT2D eigenvalue weighted by molar-refractivity contribution is -0.208. The summed E-state index contributed by atoms with van der Waals surface area (Å²) in [5, 5.41) is 11.0. The van der Waals surface area contributed by atoms with Crippen molar-refractivity contribution >= 4 is 22.7 Å². The van der Waals surface area contributed by atoms with E-state index in [0.29, 0.717) is 29.8 Å². The first-order valence-corrected chi connectivity index (χ1v) is 15.3. The number of fused-ring (bicyclic) bond motifs is 1. The van der Waals surface area contributed by atoms with Crippen LogP contribution in [0, 0.1) is 16.6 Å². The Morgan fingerprint density at radius 2 is 1.74 bits per heavy atom. The minimum Gasteiger partial charge on any atom is -0.500 e. The number of nitrogens with one attached hydrogen (secondary N) is 1. The summed E-state index contributed by atoms with van der Waals surface area (Å²) < 4.78 is 63.2. The molecule has 11 heteroatoms. The van der Waals surface area contributed by atoms with Crippen molar-refractivity contribution in [1.29, 1.82) is 0 Å². The number of allylic oxidation sites excluding steroid dienone is 4. The summed E-state index contributed by atoms with van der Waals surface area (Å²) >= 11 is 0. The number of rotatable bonds is 10. The number of hydrogen-bond donors (Lipinski definition) is 2. The molecule has 0 amide bonds. The second-order valence-electron chi connectivity index (χ2n) is 11.4. The summed E-state index contributed by atoms with van der Waals surface area (Å²) in [6, 6.07) is 8.81. The molecular weight excluding hydrogens is 600 g/mol. The van der Waals surface area contributed by atoms with Crippen molar-refractivity contribution in [2.45, 2.75) is 73.9 Å². The van der Waals surface area contributed by atoms with Gasteiger partial charge in [-0.05, 0) is 68.2 Å². The van der Waals surface area contributed by atoms with Gasteiger partial charge in [0.2, 0.25) is 0 Å². The maximum atomic E-state index is 14.6. The highest BCUT2D eigenvalue weighted by atomic mass is 19.4. The molecule has 4 rings (SSSR count). The van der Waals surface area contributed by atoms with Crippen LogP contribution >= 0.6 is 0 Å². The van der Waals surface area contributed by atoms with E-state index in [2.05, 4.69) is 22.6 Å². The maximum Gasteiger partial charge on any atom is 0.400 e. The molecule has 0 atom stereocenters. The molecule has 1 aliphatic carbocycles. The predicted octanol–water partition coefficient (Wildman–Crippen LogP) is 9.25. The number of carbonyl (C=O) groups is 1. The molecule has 0 unspecified atom stereocenters. The first kappa shape index (κ1) is 38.0. The Bertz CT molecular complexity index is 1500. The second kappa shape index (κ2) is 15.9. The summed E-state index contributed by atoms with van der Waals surface area (Å²) in [6.45, 7) is 12.3. The van der Waals surface area contributed by atoms with Gasteiger partial charge in [-0.1, -0.05) is 57.2 Å². The summed E-state index contributed by atoms with van der Waals surface area (Å²) in [6.07, 6.45) is 2.17. The number of carbonyl (C=O) groups excluding carboxylic acids is 1. The molecule has 1 aliphatic heterocycles. The van der Waals surface area contributed by atoms with E-state index < -0.39 is 17.4 Å². The number of nitrogens with two attached hydrogens (primary N) is 1. The summed E-state index contributed by atoms with van der Waals surface area (Å²) in [5.74, 6) is 5.67. The van der Waals surface area contributed by atoms with Gasteiger partial charge in [0.15, 0.2) is 0 Å². The minimum atomic E-state index is -4.31. The van der Waals surface area contributed by atoms with E-state index >= 15 is 0 Å². The van der Waals surface area contributed by atoms with E-state index in [0.717, 1.165) is 48.4 Å². The van der Waals surface area contributed by atoms with Crippen LogP contribution in [0.4, 0.5) is 23.2 Å². The number of halogens is 4. The lowest BCUT2D eigenvalue weighted by Crippen LogP contribution is -2.35. The zero-order valence-corrected chi connectivity index (χ0v) is 28.2. The zero-order valence-electron chi connectivity index (χ0n) is 28.2. The second-order valence-corrected chi connectivity index (χ2v) is 11.4. The number of ketones is 1. The van der Waals surface area contributed by atoms with Gasteiger partial charge in [0.05, 0.1) is 14.2 Å². The Morgan fingerprint density at radius 1 is 1.09 bits per heavy atom. The van der Waals surface area contributed by atoms with Gasteiger partial charge in [0.25, 0.3) is 0 Å². The molecule has 0 spiro atoms. The van der Waals surface area contributed by atoms with E-state index in [1.807, 2.05) is 45.1 Å². The molecule has 46 heavy (non-hydrogen) atoms. The number of ether oxygens (including phenoxy) is 2. The first-order valence-electron chi connectivity index (χ1n) is 15.3. The van der Waals surface area contributed by atoms with Crippen LogP contribution in [0.2, 0.25) is 0 Å². The van der Waals surface area contributed by atoms with Crippen LogP contribution in [0.1, 0.15) is 77.1 Å². The predicted molar refractivity (Wildman–Crippen MR) is 176 cm³/mol. The third kappa shape index (κ3) is 8.98. The summed E-state index contributed by atoms with van der Waals surface area (Å²) in [5.41, 5.74) is 2.87. The largest absolute Gasteiger partial charge is 0.500 e. The fraction of sp³-hybridized carbons (Fsp3) is 0.457. The lowest BCUT2D eigenvalue weighted by atomic mass is 9.87. The highest BCUT2D eigenvalue weighted by Crippen LogP contribution is 2.47. The Balaban J connectivity index is 0.000000365. The van der Waals surface area contributed by atoms with Gasteiger partial charge in [-0.25, -0.2) is 4.39 Å². The Labute approximate surface area is 269 Å². The molecule has 252 valence electrons. The minimum absolute atomic E-state index is 0.000528.